The SMILES string of the molecule is CCc1sc(Nc2cccc(C(=O)NCC(=O)OC)c2)nc1-c1ccc(Cl)cc1. The van der Waals surface area contributed by atoms with Gasteiger partial charge in [0.1, 0.15) is 6.54 Å². The Morgan fingerprint density at radius 2 is 1.93 bits per heavy atom. The summed E-state index contributed by atoms with van der Waals surface area (Å²) in [5, 5.41) is 7.20. The second-order valence-corrected chi connectivity index (χ2v) is 7.64. The highest BCUT2D eigenvalue weighted by Crippen LogP contribution is 2.33. The van der Waals surface area contributed by atoms with Crippen LogP contribution in [0, 0.1) is 0 Å². The Morgan fingerprint density at radius 3 is 2.62 bits per heavy atom. The summed E-state index contributed by atoms with van der Waals surface area (Å²) >= 11 is 7.55. The predicted octanol–water partition coefficient (Wildman–Crippen LogP) is 4.67. The Hall–Kier alpha value is -2.90. The van der Waals surface area contributed by atoms with E-state index in [0.717, 1.165) is 33.4 Å². The van der Waals surface area contributed by atoms with Gasteiger partial charge in [0.05, 0.1) is 12.8 Å². The molecule has 0 radical (unpaired) electrons. The molecule has 3 aromatic rings. The molecule has 0 atom stereocenters. The fraction of sp³-hybridized carbons (Fsp3) is 0.190. The Bertz CT molecular complexity index is 1020. The van der Waals surface area contributed by atoms with Gasteiger partial charge in [-0.3, -0.25) is 9.59 Å². The molecule has 0 saturated heterocycles. The Kier molecular flexibility index (Phi) is 6.85. The lowest BCUT2D eigenvalue weighted by Gasteiger charge is -2.07. The molecule has 0 bridgehead atoms. The lowest BCUT2D eigenvalue weighted by atomic mass is 10.1. The van der Waals surface area contributed by atoms with E-state index < -0.39 is 5.97 Å². The zero-order chi connectivity index (χ0) is 20.8. The van der Waals surface area contributed by atoms with Gasteiger partial charge < -0.3 is 15.4 Å². The van der Waals surface area contributed by atoms with E-state index in [2.05, 4.69) is 22.3 Å². The van der Waals surface area contributed by atoms with Crippen LogP contribution >= 0.6 is 22.9 Å². The maximum Gasteiger partial charge on any atom is 0.325 e. The van der Waals surface area contributed by atoms with Gasteiger partial charge in [0.25, 0.3) is 5.91 Å². The van der Waals surface area contributed by atoms with E-state index in [9.17, 15) is 9.59 Å². The molecule has 8 heteroatoms. The minimum atomic E-state index is -0.503. The number of thiazole rings is 1. The number of hydrogen-bond acceptors (Lipinski definition) is 6. The van der Waals surface area contributed by atoms with Crippen LogP contribution in [0.25, 0.3) is 11.3 Å². The molecule has 0 aliphatic carbocycles. The highest BCUT2D eigenvalue weighted by Gasteiger charge is 2.13. The van der Waals surface area contributed by atoms with E-state index in [1.165, 1.54) is 7.11 Å². The molecule has 3 rings (SSSR count). The van der Waals surface area contributed by atoms with Crippen LogP contribution in [0.4, 0.5) is 10.8 Å². The van der Waals surface area contributed by atoms with Crippen molar-refractivity contribution in [1.82, 2.24) is 10.3 Å². The van der Waals surface area contributed by atoms with Crippen molar-refractivity contribution in [3.63, 3.8) is 0 Å². The fourth-order valence-corrected chi connectivity index (χ4v) is 3.74. The molecule has 0 aliphatic heterocycles. The number of halogens is 1. The number of nitrogens with one attached hydrogen (secondary N) is 2. The average Bonchev–Trinajstić information content (AvgIpc) is 3.15. The molecule has 2 aromatic carbocycles. The summed E-state index contributed by atoms with van der Waals surface area (Å²) in [7, 11) is 1.27. The number of anilines is 2. The molecule has 0 unspecified atom stereocenters. The highest BCUT2D eigenvalue weighted by molar-refractivity contribution is 7.16. The third-order valence-corrected chi connectivity index (χ3v) is 5.50. The third-order valence-electron chi connectivity index (χ3n) is 4.13. The van der Waals surface area contributed by atoms with Crippen molar-refractivity contribution >= 4 is 45.6 Å². The Morgan fingerprint density at radius 1 is 1.17 bits per heavy atom. The van der Waals surface area contributed by atoms with E-state index in [1.54, 1.807) is 29.5 Å². The summed E-state index contributed by atoms with van der Waals surface area (Å²) < 4.78 is 4.53. The second kappa shape index (κ2) is 9.54. The van der Waals surface area contributed by atoms with Gasteiger partial charge >= 0.3 is 5.97 Å². The summed E-state index contributed by atoms with van der Waals surface area (Å²) in [5.41, 5.74) is 3.09. The zero-order valence-electron chi connectivity index (χ0n) is 16.0. The summed E-state index contributed by atoms with van der Waals surface area (Å²) in [6.07, 6.45) is 0.854. The van der Waals surface area contributed by atoms with Crippen LogP contribution in [0.15, 0.2) is 48.5 Å². The van der Waals surface area contributed by atoms with Gasteiger partial charge in [-0.2, -0.15) is 0 Å². The monoisotopic (exact) mass is 429 g/mol. The van der Waals surface area contributed by atoms with Gasteiger partial charge in [-0.25, -0.2) is 4.98 Å². The van der Waals surface area contributed by atoms with Crippen molar-refractivity contribution < 1.29 is 14.3 Å². The van der Waals surface area contributed by atoms with E-state index in [1.807, 2.05) is 30.3 Å². The molecular weight excluding hydrogens is 410 g/mol. The van der Waals surface area contributed by atoms with Crippen molar-refractivity contribution in [2.45, 2.75) is 13.3 Å². The van der Waals surface area contributed by atoms with Gasteiger partial charge in [-0.05, 0) is 36.8 Å². The van der Waals surface area contributed by atoms with Gasteiger partial charge in [-0.1, -0.05) is 36.7 Å². The third kappa shape index (κ3) is 5.34. The number of amides is 1. The van der Waals surface area contributed by atoms with Crippen LogP contribution in [0.2, 0.25) is 5.02 Å². The standard InChI is InChI=1S/C21H20ClN3O3S/c1-3-17-19(13-7-9-15(22)10-8-13)25-21(29-17)24-16-6-4-5-14(11-16)20(27)23-12-18(26)28-2/h4-11H,3,12H2,1-2H3,(H,23,27)(H,24,25). The molecule has 29 heavy (non-hydrogen) atoms. The maximum absolute atomic E-state index is 12.2. The second-order valence-electron chi connectivity index (χ2n) is 6.12. The molecule has 1 aromatic heterocycles. The average molecular weight is 430 g/mol. The van der Waals surface area contributed by atoms with Gasteiger partial charge in [-0.15, -0.1) is 11.3 Å². The van der Waals surface area contributed by atoms with Crippen LogP contribution in [0.1, 0.15) is 22.2 Å². The van der Waals surface area contributed by atoms with Crippen molar-refractivity contribution in [2.24, 2.45) is 0 Å². The number of nitrogens with zero attached hydrogens (tertiary/aromatic N) is 1. The summed E-state index contributed by atoms with van der Waals surface area (Å²) in [6, 6.07) is 14.6. The van der Waals surface area contributed by atoms with Crippen LogP contribution < -0.4 is 10.6 Å². The van der Waals surface area contributed by atoms with Crippen LogP contribution in [0.3, 0.4) is 0 Å². The van der Waals surface area contributed by atoms with E-state index >= 15 is 0 Å². The predicted molar refractivity (Wildman–Crippen MR) is 116 cm³/mol. The molecule has 2 N–H and O–H groups in total. The first-order chi connectivity index (χ1) is 14.0. The topological polar surface area (TPSA) is 80.3 Å². The van der Waals surface area contributed by atoms with Crippen LogP contribution in [-0.4, -0.2) is 30.5 Å². The molecule has 150 valence electrons. The van der Waals surface area contributed by atoms with Gasteiger partial charge in [0.15, 0.2) is 5.13 Å². The summed E-state index contributed by atoms with van der Waals surface area (Å²) in [4.78, 5) is 29.3. The number of aryl methyl sites for hydroxylation is 1. The normalized spacial score (nSPS) is 10.4. The van der Waals surface area contributed by atoms with Crippen molar-refractivity contribution in [2.75, 3.05) is 19.0 Å². The molecule has 0 aliphatic rings. The first-order valence-corrected chi connectivity index (χ1v) is 10.2. The summed E-state index contributed by atoms with van der Waals surface area (Å²) in [5.74, 6) is -0.855. The number of ether oxygens (including phenoxy) is 1. The number of carbonyl (C=O) groups is 2. The van der Waals surface area contributed by atoms with Gasteiger partial charge in [0, 0.05) is 26.7 Å². The smallest absolute Gasteiger partial charge is 0.325 e. The fourth-order valence-electron chi connectivity index (χ4n) is 2.67. The number of rotatable bonds is 7. The first kappa shape index (κ1) is 20.8. The number of methoxy groups -OCH3 is 1. The molecule has 0 fully saturated rings. The molecule has 1 heterocycles. The molecule has 1 amide bonds. The van der Waals surface area contributed by atoms with E-state index in [0.29, 0.717) is 10.6 Å². The van der Waals surface area contributed by atoms with Gasteiger partial charge in [0.2, 0.25) is 0 Å². The lowest BCUT2D eigenvalue weighted by Crippen LogP contribution is -2.30. The Labute approximate surface area is 177 Å². The van der Waals surface area contributed by atoms with Crippen molar-refractivity contribution in [3.8, 4) is 11.3 Å². The van der Waals surface area contributed by atoms with Crippen molar-refractivity contribution in [3.05, 3.63) is 64.0 Å². The molecule has 0 saturated carbocycles. The zero-order valence-corrected chi connectivity index (χ0v) is 17.6. The number of benzene rings is 2. The molecular formula is C21H20ClN3O3S. The maximum atomic E-state index is 12.2. The van der Waals surface area contributed by atoms with E-state index in [-0.39, 0.29) is 12.5 Å². The van der Waals surface area contributed by atoms with Crippen LogP contribution in [-0.2, 0) is 16.0 Å². The summed E-state index contributed by atoms with van der Waals surface area (Å²) in [6.45, 7) is 1.91. The quantitative estimate of drug-likeness (QED) is 0.533. The molecule has 6 nitrogen and oxygen atoms in total. The number of hydrogen-bond donors (Lipinski definition) is 2. The number of esters is 1. The van der Waals surface area contributed by atoms with Crippen molar-refractivity contribution in [1.29, 1.82) is 0 Å². The number of aromatic nitrogens is 1. The lowest BCUT2D eigenvalue weighted by molar-refractivity contribution is -0.139. The number of carbonyl (C=O) groups excluding carboxylic acids is 2. The Balaban J connectivity index is 1.77. The van der Waals surface area contributed by atoms with Crippen LogP contribution in [0.5, 0.6) is 0 Å². The minimum absolute atomic E-state index is 0.177. The van der Waals surface area contributed by atoms with E-state index in [4.69, 9.17) is 16.6 Å². The largest absolute Gasteiger partial charge is 0.468 e. The molecule has 0 spiro atoms. The highest BCUT2D eigenvalue weighted by atomic mass is 35.5. The first-order valence-electron chi connectivity index (χ1n) is 8.98. The minimum Gasteiger partial charge on any atom is -0.468 e.